The van der Waals surface area contributed by atoms with E-state index in [0.717, 1.165) is 28.1 Å². The van der Waals surface area contributed by atoms with Gasteiger partial charge in [0.15, 0.2) is 0 Å². The molecule has 0 bridgehead atoms. The van der Waals surface area contributed by atoms with E-state index in [4.69, 9.17) is 46.4 Å². The van der Waals surface area contributed by atoms with E-state index in [9.17, 15) is 0 Å². The molecule has 0 aliphatic heterocycles. The van der Waals surface area contributed by atoms with Gasteiger partial charge in [0.05, 0.1) is 11.4 Å². The molecule has 3 nitrogen and oxygen atoms in total. The van der Waals surface area contributed by atoms with Crippen molar-refractivity contribution in [2.24, 2.45) is 0 Å². The van der Waals surface area contributed by atoms with Crippen LogP contribution in [-0.4, -0.2) is 9.97 Å². The first-order chi connectivity index (χ1) is 14.5. The molecule has 3 aromatic carbocycles. The van der Waals surface area contributed by atoms with Crippen molar-refractivity contribution in [3.05, 3.63) is 98.5 Å². The smallest absolute Gasteiger partial charge is 0.224 e. The zero-order chi connectivity index (χ0) is 21.1. The summed E-state index contributed by atoms with van der Waals surface area (Å²) in [4.78, 5) is 9.35. The average molecular weight is 475 g/mol. The fourth-order valence-electron chi connectivity index (χ4n) is 2.93. The van der Waals surface area contributed by atoms with Crippen LogP contribution < -0.4 is 5.32 Å². The lowest BCUT2D eigenvalue weighted by Gasteiger charge is -2.12. The van der Waals surface area contributed by atoms with Gasteiger partial charge in [0.1, 0.15) is 0 Å². The summed E-state index contributed by atoms with van der Waals surface area (Å²) in [6, 6.07) is 22.4. The summed E-state index contributed by atoms with van der Waals surface area (Å²) >= 11 is 24.7. The van der Waals surface area contributed by atoms with E-state index in [1.807, 2.05) is 60.7 Å². The van der Waals surface area contributed by atoms with Gasteiger partial charge in [0, 0.05) is 43.3 Å². The Kier molecular flexibility index (Phi) is 6.45. The quantitative estimate of drug-likeness (QED) is 0.318. The molecule has 0 spiro atoms. The van der Waals surface area contributed by atoms with Crippen LogP contribution in [0.25, 0.3) is 22.5 Å². The average Bonchev–Trinajstić information content (AvgIpc) is 2.74. The number of aromatic nitrogens is 2. The maximum Gasteiger partial charge on any atom is 0.224 e. The monoisotopic (exact) mass is 473 g/mol. The van der Waals surface area contributed by atoms with Crippen LogP contribution in [0.4, 0.5) is 5.95 Å². The number of hydrogen-bond donors (Lipinski definition) is 1. The molecule has 0 saturated heterocycles. The van der Waals surface area contributed by atoms with Crippen molar-refractivity contribution in [3.8, 4) is 22.5 Å². The number of halogens is 4. The molecule has 1 heterocycles. The van der Waals surface area contributed by atoms with Gasteiger partial charge in [-0.2, -0.15) is 0 Å². The minimum absolute atomic E-state index is 0.392. The van der Waals surface area contributed by atoms with Crippen LogP contribution >= 0.6 is 46.4 Å². The first kappa shape index (κ1) is 21.0. The maximum atomic E-state index is 6.29. The predicted octanol–water partition coefficient (Wildman–Crippen LogP) is 8.04. The van der Waals surface area contributed by atoms with Gasteiger partial charge in [-0.1, -0.05) is 76.7 Å². The number of nitrogens with zero attached hydrogens (tertiary/aromatic N) is 2. The Morgan fingerprint density at radius 3 is 1.57 bits per heavy atom. The Bertz CT molecular complexity index is 1090. The van der Waals surface area contributed by atoms with E-state index in [0.29, 0.717) is 32.6 Å². The second-order valence-electron chi connectivity index (χ2n) is 6.53. The van der Waals surface area contributed by atoms with E-state index in [1.165, 1.54) is 0 Å². The molecule has 0 atom stereocenters. The predicted molar refractivity (Wildman–Crippen MR) is 127 cm³/mol. The molecule has 4 rings (SSSR count). The third-order valence-electron chi connectivity index (χ3n) is 4.49. The number of anilines is 1. The lowest BCUT2D eigenvalue weighted by Crippen LogP contribution is -2.06. The Hall–Kier alpha value is -2.30. The van der Waals surface area contributed by atoms with Crippen LogP contribution in [0, 0.1) is 0 Å². The van der Waals surface area contributed by atoms with Crippen LogP contribution in [0.2, 0.25) is 20.1 Å². The van der Waals surface area contributed by atoms with Crippen molar-refractivity contribution in [2.75, 3.05) is 5.32 Å². The summed E-state index contributed by atoms with van der Waals surface area (Å²) in [5, 5.41) is 5.74. The van der Waals surface area contributed by atoms with Crippen molar-refractivity contribution in [1.29, 1.82) is 0 Å². The van der Waals surface area contributed by atoms with Gasteiger partial charge >= 0.3 is 0 Å². The van der Waals surface area contributed by atoms with Gasteiger partial charge in [-0.15, -0.1) is 0 Å². The van der Waals surface area contributed by atoms with Crippen LogP contribution in [0.15, 0.2) is 72.8 Å². The highest BCUT2D eigenvalue weighted by molar-refractivity contribution is 6.36. The van der Waals surface area contributed by atoms with Crippen LogP contribution in [0.1, 0.15) is 5.56 Å². The van der Waals surface area contributed by atoms with E-state index in [-0.39, 0.29) is 0 Å². The van der Waals surface area contributed by atoms with Crippen LogP contribution in [0.5, 0.6) is 0 Å². The lowest BCUT2D eigenvalue weighted by molar-refractivity contribution is 1.06. The Labute approximate surface area is 194 Å². The normalized spacial score (nSPS) is 10.8. The highest BCUT2D eigenvalue weighted by Crippen LogP contribution is 2.28. The minimum atomic E-state index is 0.392. The molecule has 150 valence electrons. The molecule has 1 N–H and O–H groups in total. The Morgan fingerprint density at radius 2 is 1.10 bits per heavy atom. The van der Waals surface area contributed by atoms with Gasteiger partial charge in [0.2, 0.25) is 5.95 Å². The highest BCUT2D eigenvalue weighted by Gasteiger charge is 2.11. The molecule has 0 saturated carbocycles. The van der Waals surface area contributed by atoms with Crippen molar-refractivity contribution in [1.82, 2.24) is 9.97 Å². The topological polar surface area (TPSA) is 37.8 Å². The van der Waals surface area contributed by atoms with E-state index in [2.05, 4.69) is 15.3 Å². The lowest BCUT2D eigenvalue weighted by atomic mass is 10.1. The first-order valence-electron chi connectivity index (χ1n) is 9.07. The molecule has 30 heavy (non-hydrogen) atoms. The van der Waals surface area contributed by atoms with Crippen LogP contribution in [-0.2, 0) is 6.54 Å². The van der Waals surface area contributed by atoms with Crippen molar-refractivity contribution in [3.63, 3.8) is 0 Å². The molecule has 0 aliphatic carbocycles. The van der Waals surface area contributed by atoms with Gasteiger partial charge in [-0.05, 0) is 42.5 Å². The van der Waals surface area contributed by atoms with Gasteiger partial charge < -0.3 is 5.32 Å². The molecular formula is C23H15Cl4N3. The number of benzene rings is 3. The van der Waals surface area contributed by atoms with E-state index < -0.39 is 0 Å². The summed E-state index contributed by atoms with van der Waals surface area (Å²) in [6.07, 6.45) is 0. The van der Waals surface area contributed by atoms with Crippen molar-refractivity contribution < 1.29 is 0 Å². The molecule has 4 aromatic rings. The van der Waals surface area contributed by atoms with Gasteiger partial charge in [-0.3, -0.25) is 0 Å². The third-order valence-corrected chi connectivity index (χ3v) is 5.70. The molecular weight excluding hydrogens is 460 g/mol. The zero-order valence-electron chi connectivity index (χ0n) is 15.5. The molecule has 7 heteroatoms. The Balaban J connectivity index is 1.73. The molecule has 0 radical (unpaired) electrons. The maximum absolute atomic E-state index is 6.29. The summed E-state index contributed by atoms with van der Waals surface area (Å²) in [7, 11) is 0. The number of hydrogen-bond acceptors (Lipinski definition) is 3. The molecule has 0 unspecified atom stereocenters. The van der Waals surface area contributed by atoms with Crippen LogP contribution in [0.3, 0.4) is 0 Å². The molecule has 0 fully saturated rings. The molecule has 1 aromatic heterocycles. The fourth-order valence-corrected chi connectivity index (χ4v) is 3.72. The molecule has 0 aliphatic rings. The first-order valence-corrected chi connectivity index (χ1v) is 10.6. The second-order valence-corrected chi connectivity index (χ2v) is 8.22. The van der Waals surface area contributed by atoms with Gasteiger partial charge in [-0.25, -0.2) is 9.97 Å². The summed E-state index contributed by atoms with van der Waals surface area (Å²) in [5.41, 5.74) is 4.17. The summed E-state index contributed by atoms with van der Waals surface area (Å²) < 4.78 is 0. The van der Waals surface area contributed by atoms with Crippen molar-refractivity contribution in [2.45, 2.75) is 6.54 Å². The highest BCUT2D eigenvalue weighted by atomic mass is 35.5. The number of nitrogens with one attached hydrogen (secondary N) is 1. The standard InChI is InChI=1S/C23H15Cl4N3/c24-16-8-4-14(5-9-16)21-12-22(15-6-10-17(25)11-7-15)30-23(29-21)28-13-18-19(26)2-1-3-20(18)27/h1-12H,13H2,(H,28,29,30). The van der Waals surface area contributed by atoms with E-state index in [1.54, 1.807) is 12.1 Å². The summed E-state index contributed by atoms with van der Waals surface area (Å²) in [6.45, 7) is 0.392. The zero-order valence-corrected chi connectivity index (χ0v) is 18.6. The van der Waals surface area contributed by atoms with Crippen molar-refractivity contribution >= 4 is 52.4 Å². The minimum Gasteiger partial charge on any atom is -0.350 e. The number of rotatable bonds is 5. The third kappa shape index (κ3) is 4.88. The fraction of sp³-hybridized carbons (Fsp3) is 0.0435. The Morgan fingerprint density at radius 1 is 0.633 bits per heavy atom. The van der Waals surface area contributed by atoms with E-state index >= 15 is 0 Å². The molecule has 0 amide bonds. The van der Waals surface area contributed by atoms with Gasteiger partial charge in [0.25, 0.3) is 0 Å². The second kappa shape index (κ2) is 9.23. The largest absolute Gasteiger partial charge is 0.350 e. The summed E-state index contributed by atoms with van der Waals surface area (Å²) in [5.74, 6) is 0.461. The SMILES string of the molecule is Clc1ccc(-c2cc(-c3ccc(Cl)cc3)nc(NCc3c(Cl)cccc3Cl)n2)cc1.